The van der Waals surface area contributed by atoms with Crippen LogP contribution >= 0.6 is 0 Å². The van der Waals surface area contributed by atoms with Gasteiger partial charge in [-0.05, 0) is 36.0 Å². The zero-order chi connectivity index (χ0) is 10.6. The van der Waals surface area contributed by atoms with Crippen LogP contribution in [0.3, 0.4) is 0 Å². The maximum absolute atomic E-state index is 8.63. The van der Waals surface area contributed by atoms with Crippen molar-refractivity contribution in [1.82, 2.24) is 0 Å². The Bertz CT molecular complexity index is 347. The van der Waals surface area contributed by atoms with Gasteiger partial charge in [0.2, 0.25) is 0 Å². The van der Waals surface area contributed by atoms with E-state index in [4.69, 9.17) is 5.26 Å². The van der Waals surface area contributed by atoms with Crippen molar-refractivity contribution in [3.05, 3.63) is 34.9 Å². The molecule has 1 aromatic rings. The maximum atomic E-state index is 8.63. The highest BCUT2D eigenvalue weighted by atomic mass is 14.2. The van der Waals surface area contributed by atoms with Crippen LogP contribution in [0.5, 0.6) is 0 Å². The van der Waals surface area contributed by atoms with Crippen LogP contribution in [0.15, 0.2) is 18.2 Å². The molecular weight excluding hydrogens is 170 g/mol. The molecule has 0 aliphatic carbocycles. The van der Waals surface area contributed by atoms with Gasteiger partial charge in [0.05, 0.1) is 6.07 Å². The number of hydrogen-bond donors (Lipinski definition) is 0. The standard InChI is InChI=1S/C13H17N/c1-4-12-9-13(6-5-10(12)2)11(3)7-8-14/h5-6,9,11H,4,7H2,1-3H3. The first-order valence-corrected chi connectivity index (χ1v) is 5.15. The lowest BCUT2D eigenvalue weighted by atomic mass is 9.94. The van der Waals surface area contributed by atoms with Gasteiger partial charge in [-0.1, -0.05) is 32.0 Å². The van der Waals surface area contributed by atoms with Crippen LogP contribution in [0, 0.1) is 18.3 Å². The molecule has 1 nitrogen and oxygen atoms in total. The molecule has 0 heterocycles. The maximum Gasteiger partial charge on any atom is 0.0628 e. The topological polar surface area (TPSA) is 23.8 Å². The van der Waals surface area contributed by atoms with E-state index in [-0.39, 0.29) is 0 Å². The number of rotatable bonds is 3. The fourth-order valence-electron chi connectivity index (χ4n) is 1.63. The SMILES string of the molecule is CCc1cc(C(C)CC#N)ccc1C. The molecular formula is C13H17N. The van der Waals surface area contributed by atoms with Gasteiger partial charge < -0.3 is 0 Å². The minimum atomic E-state index is 0.353. The smallest absolute Gasteiger partial charge is 0.0628 e. The van der Waals surface area contributed by atoms with Crippen LogP contribution in [0.25, 0.3) is 0 Å². The molecule has 1 rings (SSSR count). The Labute approximate surface area is 86.4 Å². The average molecular weight is 187 g/mol. The van der Waals surface area contributed by atoms with E-state index in [1.54, 1.807) is 0 Å². The van der Waals surface area contributed by atoms with Crippen molar-refractivity contribution in [2.24, 2.45) is 0 Å². The van der Waals surface area contributed by atoms with Crippen LogP contribution in [-0.2, 0) is 6.42 Å². The summed E-state index contributed by atoms with van der Waals surface area (Å²) < 4.78 is 0. The molecule has 1 atom stereocenters. The van der Waals surface area contributed by atoms with Gasteiger partial charge in [0, 0.05) is 6.42 Å². The van der Waals surface area contributed by atoms with Gasteiger partial charge >= 0.3 is 0 Å². The monoisotopic (exact) mass is 187 g/mol. The fourth-order valence-corrected chi connectivity index (χ4v) is 1.63. The highest BCUT2D eigenvalue weighted by Gasteiger charge is 2.06. The zero-order valence-electron chi connectivity index (χ0n) is 9.17. The Hall–Kier alpha value is -1.29. The highest BCUT2D eigenvalue weighted by molar-refractivity contribution is 5.33. The van der Waals surface area contributed by atoms with Crippen molar-refractivity contribution in [2.45, 2.75) is 39.5 Å². The molecule has 0 aliphatic heterocycles. The second kappa shape index (κ2) is 4.81. The third kappa shape index (κ3) is 2.35. The van der Waals surface area contributed by atoms with Gasteiger partial charge in [0.1, 0.15) is 0 Å². The van der Waals surface area contributed by atoms with E-state index in [1.807, 2.05) is 0 Å². The molecule has 0 amide bonds. The molecule has 0 radical (unpaired) electrons. The minimum Gasteiger partial charge on any atom is -0.198 e. The third-order valence-corrected chi connectivity index (χ3v) is 2.72. The van der Waals surface area contributed by atoms with E-state index in [0.29, 0.717) is 12.3 Å². The number of nitrogens with zero attached hydrogens (tertiary/aromatic N) is 1. The van der Waals surface area contributed by atoms with E-state index in [1.165, 1.54) is 16.7 Å². The number of aryl methyl sites for hydroxylation is 2. The Morgan fingerprint density at radius 3 is 2.71 bits per heavy atom. The van der Waals surface area contributed by atoms with Gasteiger partial charge in [-0.15, -0.1) is 0 Å². The number of benzene rings is 1. The molecule has 0 saturated carbocycles. The van der Waals surface area contributed by atoms with Gasteiger partial charge in [-0.25, -0.2) is 0 Å². The summed E-state index contributed by atoms with van der Waals surface area (Å²) in [5.41, 5.74) is 4.03. The number of hydrogen-bond acceptors (Lipinski definition) is 1. The second-order valence-corrected chi connectivity index (χ2v) is 3.80. The molecule has 0 aliphatic rings. The summed E-state index contributed by atoms with van der Waals surface area (Å²) in [7, 11) is 0. The Balaban J connectivity index is 2.95. The lowest BCUT2D eigenvalue weighted by molar-refractivity contribution is 0.786. The minimum absolute atomic E-state index is 0.353. The molecule has 1 unspecified atom stereocenters. The summed E-state index contributed by atoms with van der Waals surface area (Å²) >= 11 is 0. The summed E-state index contributed by atoms with van der Waals surface area (Å²) in [5, 5.41) is 8.63. The summed E-state index contributed by atoms with van der Waals surface area (Å²) in [4.78, 5) is 0. The van der Waals surface area contributed by atoms with Crippen molar-refractivity contribution < 1.29 is 0 Å². The van der Waals surface area contributed by atoms with Crippen LogP contribution in [0.4, 0.5) is 0 Å². The predicted molar refractivity (Wildman–Crippen MR) is 59.2 cm³/mol. The van der Waals surface area contributed by atoms with E-state index < -0.39 is 0 Å². The molecule has 0 saturated heterocycles. The van der Waals surface area contributed by atoms with Crippen molar-refractivity contribution in [1.29, 1.82) is 5.26 Å². The highest BCUT2D eigenvalue weighted by Crippen LogP contribution is 2.21. The predicted octanol–water partition coefficient (Wildman–Crippen LogP) is 3.57. The van der Waals surface area contributed by atoms with E-state index in [2.05, 4.69) is 45.0 Å². The van der Waals surface area contributed by atoms with Crippen LogP contribution in [0.1, 0.15) is 42.9 Å². The van der Waals surface area contributed by atoms with Crippen LogP contribution in [-0.4, -0.2) is 0 Å². The Morgan fingerprint density at radius 1 is 1.43 bits per heavy atom. The molecule has 0 N–H and O–H groups in total. The second-order valence-electron chi connectivity index (χ2n) is 3.80. The quantitative estimate of drug-likeness (QED) is 0.709. The lowest BCUT2D eigenvalue weighted by Crippen LogP contribution is -1.95. The summed E-state index contributed by atoms with van der Waals surface area (Å²) in [6.07, 6.45) is 1.67. The van der Waals surface area contributed by atoms with E-state index in [9.17, 15) is 0 Å². The Kier molecular flexibility index (Phi) is 3.71. The summed E-state index contributed by atoms with van der Waals surface area (Å²) in [6.45, 7) is 6.41. The van der Waals surface area contributed by atoms with Gasteiger partial charge in [0.25, 0.3) is 0 Å². The van der Waals surface area contributed by atoms with E-state index in [0.717, 1.165) is 6.42 Å². The molecule has 0 aromatic heterocycles. The zero-order valence-corrected chi connectivity index (χ0v) is 9.17. The fraction of sp³-hybridized carbons (Fsp3) is 0.462. The van der Waals surface area contributed by atoms with Crippen LogP contribution < -0.4 is 0 Å². The first kappa shape index (κ1) is 10.8. The Morgan fingerprint density at radius 2 is 2.14 bits per heavy atom. The molecule has 1 heteroatoms. The normalized spacial score (nSPS) is 12.1. The van der Waals surface area contributed by atoms with Crippen molar-refractivity contribution in [3.63, 3.8) is 0 Å². The van der Waals surface area contributed by atoms with Crippen molar-refractivity contribution in [2.75, 3.05) is 0 Å². The molecule has 0 spiro atoms. The van der Waals surface area contributed by atoms with Crippen LogP contribution in [0.2, 0.25) is 0 Å². The van der Waals surface area contributed by atoms with Gasteiger partial charge in [-0.3, -0.25) is 0 Å². The molecule has 1 aromatic carbocycles. The van der Waals surface area contributed by atoms with Crippen molar-refractivity contribution >= 4 is 0 Å². The summed E-state index contributed by atoms with van der Waals surface area (Å²) in [6, 6.07) is 8.74. The van der Waals surface area contributed by atoms with E-state index >= 15 is 0 Å². The van der Waals surface area contributed by atoms with Gasteiger partial charge in [-0.2, -0.15) is 5.26 Å². The lowest BCUT2D eigenvalue weighted by Gasteiger charge is -2.11. The third-order valence-electron chi connectivity index (χ3n) is 2.72. The first-order chi connectivity index (χ1) is 6.69. The largest absolute Gasteiger partial charge is 0.198 e. The molecule has 0 fully saturated rings. The average Bonchev–Trinajstić information content (AvgIpc) is 2.19. The summed E-state index contributed by atoms with van der Waals surface area (Å²) in [5.74, 6) is 0.353. The molecule has 74 valence electrons. The first-order valence-electron chi connectivity index (χ1n) is 5.15. The van der Waals surface area contributed by atoms with Crippen molar-refractivity contribution in [3.8, 4) is 6.07 Å². The van der Waals surface area contributed by atoms with Gasteiger partial charge in [0.15, 0.2) is 0 Å². The number of nitriles is 1. The molecule has 0 bridgehead atoms. The molecule has 14 heavy (non-hydrogen) atoms.